The topological polar surface area (TPSA) is 47.0 Å². The van der Waals surface area contributed by atoms with Crippen LogP contribution in [0.3, 0.4) is 0 Å². The number of rotatable bonds is 7. The van der Waals surface area contributed by atoms with Gasteiger partial charge >= 0.3 is 0 Å². The summed E-state index contributed by atoms with van der Waals surface area (Å²) in [7, 11) is 0. The largest absolute Gasteiger partial charge is 0.475 e. The molecule has 2 aromatic rings. The third-order valence-electron chi connectivity index (χ3n) is 2.38. The van der Waals surface area contributed by atoms with Gasteiger partial charge in [-0.25, -0.2) is 4.98 Å². The van der Waals surface area contributed by atoms with Crippen LogP contribution in [0.1, 0.15) is 13.8 Å². The van der Waals surface area contributed by atoms with Crippen molar-refractivity contribution in [3.8, 4) is 5.88 Å². The molecule has 2 rings (SSSR count). The van der Waals surface area contributed by atoms with Crippen LogP contribution in [0, 0.1) is 0 Å². The maximum Gasteiger partial charge on any atom is 0.225 e. The van der Waals surface area contributed by atoms with E-state index in [1.54, 1.807) is 24.0 Å². The number of hydrogen-bond acceptors (Lipinski definition) is 5. The number of thioether (sulfide) groups is 1. The Morgan fingerprint density at radius 1 is 1.20 bits per heavy atom. The Morgan fingerprint density at radius 2 is 2.00 bits per heavy atom. The standard InChI is InChI=1S/C15H19N3OS/c1-12(2)19-14-8-9-16-15(18-14)17-10-11-20-13-6-4-3-5-7-13/h3-9,12H,10-11H2,1-2H3,(H,16,17,18). The molecule has 20 heavy (non-hydrogen) atoms. The zero-order valence-corrected chi connectivity index (χ0v) is 12.6. The fourth-order valence-corrected chi connectivity index (χ4v) is 2.37. The molecule has 0 aliphatic heterocycles. The van der Waals surface area contributed by atoms with Crippen LogP contribution in [-0.4, -0.2) is 28.4 Å². The number of nitrogens with one attached hydrogen (secondary N) is 1. The lowest BCUT2D eigenvalue weighted by molar-refractivity contribution is 0.232. The summed E-state index contributed by atoms with van der Waals surface area (Å²) in [5.74, 6) is 2.17. The minimum Gasteiger partial charge on any atom is -0.475 e. The highest BCUT2D eigenvalue weighted by molar-refractivity contribution is 7.99. The normalized spacial score (nSPS) is 10.6. The molecule has 0 atom stereocenters. The van der Waals surface area contributed by atoms with Gasteiger partial charge in [-0.1, -0.05) is 18.2 Å². The molecule has 0 aliphatic rings. The predicted octanol–water partition coefficient (Wildman–Crippen LogP) is 3.47. The van der Waals surface area contributed by atoms with Gasteiger partial charge in [-0.3, -0.25) is 0 Å². The van der Waals surface area contributed by atoms with E-state index >= 15 is 0 Å². The average Bonchev–Trinajstić information content (AvgIpc) is 2.44. The van der Waals surface area contributed by atoms with Crippen molar-refractivity contribution in [3.63, 3.8) is 0 Å². The molecule has 0 bridgehead atoms. The van der Waals surface area contributed by atoms with Crippen LogP contribution in [0.4, 0.5) is 5.95 Å². The number of benzene rings is 1. The highest BCUT2D eigenvalue weighted by Crippen LogP contribution is 2.16. The second-order valence-electron chi connectivity index (χ2n) is 4.47. The summed E-state index contributed by atoms with van der Waals surface area (Å²) in [6.07, 6.45) is 1.82. The van der Waals surface area contributed by atoms with Gasteiger partial charge in [0.15, 0.2) is 0 Å². The predicted molar refractivity (Wildman–Crippen MR) is 83.5 cm³/mol. The zero-order chi connectivity index (χ0) is 14.2. The maximum absolute atomic E-state index is 5.53. The maximum atomic E-state index is 5.53. The van der Waals surface area contributed by atoms with Crippen LogP contribution in [0.5, 0.6) is 5.88 Å². The third kappa shape index (κ3) is 5.09. The van der Waals surface area contributed by atoms with E-state index in [0.717, 1.165) is 12.3 Å². The summed E-state index contributed by atoms with van der Waals surface area (Å²) in [5.41, 5.74) is 0. The van der Waals surface area contributed by atoms with E-state index in [1.165, 1.54) is 4.90 Å². The second-order valence-corrected chi connectivity index (χ2v) is 5.64. The first-order valence-electron chi connectivity index (χ1n) is 6.65. The lowest BCUT2D eigenvalue weighted by Gasteiger charge is -2.10. The molecule has 106 valence electrons. The van der Waals surface area contributed by atoms with Gasteiger partial charge < -0.3 is 10.1 Å². The van der Waals surface area contributed by atoms with E-state index in [2.05, 4.69) is 27.4 Å². The minimum absolute atomic E-state index is 0.117. The molecule has 4 nitrogen and oxygen atoms in total. The summed E-state index contributed by atoms with van der Waals surface area (Å²) in [6, 6.07) is 12.1. The first-order chi connectivity index (χ1) is 9.74. The van der Waals surface area contributed by atoms with E-state index in [1.807, 2.05) is 32.0 Å². The molecule has 0 amide bonds. The van der Waals surface area contributed by atoms with Gasteiger partial charge in [-0.2, -0.15) is 4.98 Å². The molecule has 5 heteroatoms. The Balaban J connectivity index is 1.76. The average molecular weight is 289 g/mol. The van der Waals surface area contributed by atoms with Crippen molar-refractivity contribution in [3.05, 3.63) is 42.6 Å². The fourth-order valence-electron chi connectivity index (χ4n) is 1.58. The molecule has 0 aliphatic carbocycles. The molecular weight excluding hydrogens is 270 g/mol. The van der Waals surface area contributed by atoms with Crippen molar-refractivity contribution in [2.45, 2.75) is 24.8 Å². The lowest BCUT2D eigenvalue weighted by atomic mass is 10.4. The Bertz CT molecular complexity index is 520. The molecule has 1 heterocycles. The first kappa shape index (κ1) is 14.7. The lowest BCUT2D eigenvalue weighted by Crippen LogP contribution is -2.10. The van der Waals surface area contributed by atoms with Crippen molar-refractivity contribution >= 4 is 17.7 Å². The third-order valence-corrected chi connectivity index (χ3v) is 3.40. The monoisotopic (exact) mass is 289 g/mol. The van der Waals surface area contributed by atoms with Gasteiger partial charge in [0.2, 0.25) is 11.8 Å². The molecule has 1 aromatic carbocycles. The summed E-state index contributed by atoms with van der Waals surface area (Å²) in [4.78, 5) is 9.75. The van der Waals surface area contributed by atoms with Gasteiger partial charge in [-0.05, 0) is 26.0 Å². The van der Waals surface area contributed by atoms with Gasteiger partial charge in [0, 0.05) is 29.5 Å². The van der Waals surface area contributed by atoms with Gasteiger partial charge in [0.1, 0.15) is 0 Å². The number of nitrogens with zero attached hydrogens (tertiary/aromatic N) is 2. The Hall–Kier alpha value is -1.75. The van der Waals surface area contributed by atoms with Crippen LogP contribution in [0.15, 0.2) is 47.5 Å². The highest BCUT2D eigenvalue weighted by Gasteiger charge is 2.01. The molecule has 0 saturated carbocycles. The molecule has 0 unspecified atom stereocenters. The molecule has 0 saturated heterocycles. The van der Waals surface area contributed by atoms with Crippen molar-refractivity contribution < 1.29 is 4.74 Å². The zero-order valence-electron chi connectivity index (χ0n) is 11.7. The minimum atomic E-state index is 0.117. The summed E-state index contributed by atoms with van der Waals surface area (Å²) >= 11 is 1.81. The number of aromatic nitrogens is 2. The first-order valence-corrected chi connectivity index (χ1v) is 7.64. The Morgan fingerprint density at radius 3 is 2.75 bits per heavy atom. The molecule has 0 spiro atoms. The molecule has 1 aromatic heterocycles. The van der Waals surface area contributed by atoms with Gasteiger partial charge in [0.05, 0.1) is 6.10 Å². The van der Waals surface area contributed by atoms with Gasteiger partial charge in [0.25, 0.3) is 0 Å². The molecule has 0 fully saturated rings. The smallest absolute Gasteiger partial charge is 0.225 e. The van der Waals surface area contributed by atoms with Gasteiger partial charge in [-0.15, -0.1) is 11.8 Å². The van der Waals surface area contributed by atoms with Crippen LogP contribution in [0.25, 0.3) is 0 Å². The number of anilines is 1. The number of ether oxygens (including phenoxy) is 1. The molecular formula is C15H19N3OS. The van der Waals surface area contributed by atoms with Crippen molar-refractivity contribution in [2.24, 2.45) is 0 Å². The van der Waals surface area contributed by atoms with E-state index in [4.69, 9.17) is 4.74 Å². The molecule has 1 N–H and O–H groups in total. The van der Waals surface area contributed by atoms with Crippen LogP contribution >= 0.6 is 11.8 Å². The summed E-state index contributed by atoms with van der Waals surface area (Å²) in [5, 5.41) is 3.21. The molecule has 0 radical (unpaired) electrons. The van der Waals surface area contributed by atoms with E-state index in [0.29, 0.717) is 11.8 Å². The van der Waals surface area contributed by atoms with Crippen LogP contribution in [0.2, 0.25) is 0 Å². The van der Waals surface area contributed by atoms with Crippen LogP contribution < -0.4 is 10.1 Å². The summed E-state index contributed by atoms with van der Waals surface area (Å²) in [6.45, 7) is 4.77. The summed E-state index contributed by atoms with van der Waals surface area (Å²) < 4.78 is 5.53. The fraction of sp³-hybridized carbons (Fsp3) is 0.333. The van der Waals surface area contributed by atoms with Crippen molar-refractivity contribution in [2.75, 3.05) is 17.6 Å². The number of hydrogen-bond donors (Lipinski definition) is 1. The highest BCUT2D eigenvalue weighted by atomic mass is 32.2. The van der Waals surface area contributed by atoms with Crippen molar-refractivity contribution in [1.29, 1.82) is 0 Å². The van der Waals surface area contributed by atoms with Crippen LogP contribution in [-0.2, 0) is 0 Å². The Labute approximate surface area is 124 Å². The SMILES string of the molecule is CC(C)Oc1ccnc(NCCSc2ccccc2)n1. The second kappa shape index (κ2) is 7.75. The van der Waals surface area contributed by atoms with Crippen molar-refractivity contribution in [1.82, 2.24) is 9.97 Å². The van der Waals surface area contributed by atoms with E-state index < -0.39 is 0 Å². The Kier molecular flexibility index (Phi) is 5.68. The quantitative estimate of drug-likeness (QED) is 0.624. The van der Waals surface area contributed by atoms with E-state index in [-0.39, 0.29) is 6.10 Å². The van der Waals surface area contributed by atoms with E-state index in [9.17, 15) is 0 Å².